The number of ether oxygens (including phenoxy) is 1. The number of rotatable bonds is 4. The maximum Gasteiger partial charge on any atom is 0.409 e. The summed E-state index contributed by atoms with van der Waals surface area (Å²) in [5.41, 5.74) is 1.53. The molecule has 0 unspecified atom stereocenters. The summed E-state index contributed by atoms with van der Waals surface area (Å²) in [5.74, 6) is 0.482. The molecule has 1 aromatic heterocycles. The number of carbonyl (C=O) groups is 2. The maximum atomic E-state index is 13.0. The number of amides is 2. The standard InChI is InChI=1S/C21H30N4O3/c1-2-28-20(27)25-13-11-24(12-14-25)19(26)18-15-21(18)5-9-23(10-6-21)16-17-3-7-22-8-4-17/h3-4,7-8,18H,2,5-6,9-16H2,1H3/t18-/m0/s1. The minimum absolute atomic E-state index is 0.185. The van der Waals surface area contributed by atoms with Gasteiger partial charge in [-0.2, -0.15) is 0 Å². The van der Waals surface area contributed by atoms with E-state index in [1.807, 2.05) is 24.2 Å². The average molecular weight is 386 g/mol. The van der Waals surface area contributed by atoms with Gasteiger partial charge in [0, 0.05) is 51.0 Å². The Hall–Kier alpha value is -2.15. The highest BCUT2D eigenvalue weighted by Crippen LogP contribution is 2.60. The van der Waals surface area contributed by atoms with Crippen LogP contribution in [0.15, 0.2) is 24.5 Å². The molecule has 2 aliphatic heterocycles. The molecular formula is C21H30N4O3. The molecule has 152 valence electrons. The summed E-state index contributed by atoms with van der Waals surface area (Å²) in [7, 11) is 0. The molecule has 2 amide bonds. The predicted molar refractivity (Wildman–Crippen MR) is 104 cm³/mol. The Labute approximate surface area is 166 Å². The number of hydrogen-bond donors (Lipinski definition) is 0. The molecule has 3 fully saturated rings. The van der Waals surface area contributed by atoms with Crippen LogP contribution in [0, 0.1) is 11.3 Å². The Morgan fingerprint density at radius 1 is 1.07 bits per heavy atom. The number of carbonyl (C=O) groups excluding carboxylic acids is 2. The lowest BCUT2D eigenvalue weighted by molar-refractivity contribution is -0.135. The molecule has 1 aromatic rings. The van der Waals surface area contributed by atoms with Crippen LogP contribution in [0.5, 0.6) is 0 Å². The third-order valence-corrected chi connectivity index (χ3v) is 6.61. The number of aromatic nitrogens is 1. The molecule has 0 N–H and O–H groups in total. The van der Waals surface area contributed by atoms with E-state index in [0.29, 0.717) is 38.7 Å². The van der Waals surface area contributed by atoms with Crippen molar-refractivity contribution < 1.29 is 14.3 Å². The molecule has 1 saturated carbocycles. The van der Waals surface area contributed by atoms with Crippen molar-refractivity contribution in [3.63, 3.8) is 0 Å². The Balaban J connectivity index is 1.23. The second kappa shape index (κ2) is 8.07. The monoisotopic (exact) mass is 386 g/mol. The van der Waals surface area contributed by atoms with Crippen molar-refractivity contribution in [3.05, 3.63) is 30.1 Å². The first-order chi connectivity index (χ1) is 13.6. The van der Waals surface area contributed by atoms with Crippen molar-refractivity contribution >= 4 is 12.0 Å². The van der Waals surface area contributed by atoms with Gasteiger partial charge in [0.2, 0.25) is 5.91 Å². The zero-order chi connectivity index (χ0) is 19.6. The van der Waals surface area contributed by atoms with Gasteiger partial charge in [-0.25, -0.2) is 4.79 Å². The van der Waals surface area contributed by atoms with Gasteiger partial charge in [0.25, 0.3) is 0 Å². The second-order valence-corrected chi connectivity index (χ2v) is 8.26. The minimum atomic E-state index is -0.265. The zero-order valence-electron chi connectivity index (χ0n) is 16.7. The number of pyridine rings is 1. The average Bonchev–Trinajstić information content (AvgIpc) is 3.44. The molecule has 7 nitrogen and oxygen atoms in total. The third-order valence-electron chi connectivity index (χ3n) is 6.61. The Kier molecular flexibility index (Phi) is 5.53. The van der Waals surface area contributed by atoms with Gasteiger partial charge in [-0.15, -0.1) is 0 Å². The van der Waals surface area contributed by atoms with Gasteiger partial charge in [0.1, 0.15) is 0 Å². The van der Waals surface area contributed by atoms with E-state index in [-0.39, 0.29) is 17.4 Å². The Morgan fingerprint density at radius 3 is 2.36 bits per heavy atom. The molecule has 2 saturated heterocycles. The van der Waals surface area contributed by atoms with E-state index in [4.69, 9.17) is 4.74 Å². The van der Waals surface area contributed by atoms with Gasteiger partial charge in [-0.05, 0) is 62.4 Å². The maximum absolute atomic E-state index is 13.0. The van der Waals surface area contributed by atoms with Gasteiger partial charge in [-0.3, -0.25) is 14.7 Å². The van der Waals surface area contributed by atoms with E-state index >= 15 is 0 Å². The molecule has 28 heavy (non-hydrogen) atoms. The lowest BCUT2D eigenvalue weighted by Gasteiger charge is -2.36. The number of hydrogen-bond acceptors (Lipinski definition) is 5. The van der Waals surface area contributed by atoms with Crippen LogP contribution in [0.2, 0.25) is 0 Å². The second-order valence-electron chi connectivity index (χ2n) is 8.26. The summed E-state index contributed by atoms with van der Waals surface area (Å²) in [4.78, 5) is 35.0. The predicted octanol–water partition coefficient (Wildman–Crippen LogP) is 1.98. The fourth-order valence-electron chi connectivity index (χ4n) is 4.70. The normalized spacial score (nSPS) is 24.2. The van der Waals surface area contributed by atoms with E-state index in [1.165, 1.54) is 5.56 Å². The summed E-state index contributed by atoms with van der Waals surface area (Å²) in [6, 6.07) is 4.15. The number of piperidine rings is 1. The van der Waals surface area contributed by atoms with Crippen molar-refractivity contribution in [2.75, 3.05) is 45.9 Å². The highest BCUT2D eigenvalue weighted by atomic mass is 16.6. The van der Waals surface area contributed by atoms with Crippen LogP contribution in [-0.2, 0) is 16.1 Å². The van der Waals surface area contributed by atoms with Crippen molar-refractivity contribution in [2.45, 2.75) is 32.7 Å². The fourth-order valence-corrected chi connectivity index (χ4v) is 4.70. The number of likely N-dealkylation sites (tertiary alicyclic amines) is 1. The van der Waals surface area contributed by atoms with E-state index in [2.05, 4.69) is 22.0 Å². The number of piperazine rings is 1. The van der Waals surface area contributed by atoms with Crippen molar-refractivity contribution in [1.29, 1.82) is 0 Å². The van der Waals surface area contributed by atoms with E-state index in [1.54, 1.807) is 4.90 Å². The lowest BCUT2D eigenvalue weighted by atomic mass is 9.90. The Bertz CT molecular complexity index is 695. The largest absolute Gasteiger partial charge is 0.450 e. The summed E-state index contributed by atoms with van der Waals surface area (Å²) in [6.45, 7) is 7.68. The molecule has 3 aliphatic rings. The summed E-state index contributed by atoms with van der Waals surface area (Å²) < 4.78 is 5.05. The summed E-state index contributed by atoms with van der Waals surface area (Å²) in [6.07, 6.45) is 6.68. The topological polar surface area (TPSA) is 66.0 Å². The first-order valence-electron chi connectivity index (χ1n) is 10.4. The smallest absolute Gasteiger partial charge is 0.409 e. The first-order valence-corrected chi connectivity index (χ1v) is 10.4. The van der Waals surface area contributed by atoms with Crippen molar-refractivity contribution in [3.8, 4) is 0 Å². The third kappa shape index (κ3) is 3.99. The molecule has 0 radical (unpaired) electrons. The molecule has 1 aliphatic carbocycles. The molecule has 0 bridgehead atoms. The van der Waals surface area contributed by atoms with E-state index < -0.39 is 0 Å². The number of nitrogens with zero attached hydrogens (tertiary/aromatic N) is 4. The van der Waals surface area contributed by atoms with Gasteiger partial charge < -0.3 is 14.5 Å². The lowest BCUT2D eigenvalue weighted by Crippen LogP contribution is -2.51. The van der Waals surface area contributed by atoms with Gasteiger partial charge in [-0.1, -0.05) is 0 Å². The molecular weight excluding hydrogens is 356 g/mol. The van der Waals surface area contributed by atoms with Crippen LogP contribution in [0.25, 0.3) is 0 Å². The van der Waals surface area contributed by atoms with E-state index in [0.717, 1.165) is 38.9 Å². The van der Waals surface area contributed by atoms with Crippen LogP contribution in [0.1, 0.15) is 31.7 Å². The van der Waals surface area contributed by atoms with Crippen LogP contribution in [0.4, 0.5) is 4.79 Å². The summed E-state index contributed by atoms with van der Waals surface area (Å²) >= 11 is 0. The highest BCUT2D eigenvalue weighted by molar-refractivity contribution is 5.83. The van der Waals surface area contributed by atoms with Crippen LogP contribution < -0.4 is 0 Å². The van der Waals surface area contributed by atoms with Crippen molar-refractivity contribution in [1.82, 2.24) is 19.7 Å². The quantitative estimate of drug-likeness (QED) is 0.792. The highest BCUT2D eigenvalue weighted by Gasteiger charge is 2.59. The van der Waals surface area contributed by atoms with Crippen LogP contribution in [-0.4, -0.2) is 77.6 Å². The summed E-state index contributed by atoms with van der Waals surface area (Å²) in [5, 5.41) is 0. The first kappa shape index (κ1) is 19.2. The molecule has 0 aromatic carbocycles. The molecule has 3 heterocycles. The Morgan fingerprint density at radius 2 is 1.71 bits per heavy atom. The van der Waals surface area contributed by atoms with Gasteiger partial charge in [0.05, 0.1) is 6.61 Å². The van der Waals surface area contributed by atoms with E-state index in [9.17, 15) is 9.59 Å². The fraction of sp³-hybridized carbons (Fsp3) is 0.667. The molecule has 1 atom stereocenters. The molecule has 1 spiro atoms. The zero-order valence-corrected chi connectivity index (χ0v) is 16.7. The van der Waals surface area contributed by atoms with Crippen LogP contribution >= 0.6 is 0 Å². The minimum Gasteiger partial charge on any atom is -0.450 e. The SMILES string of the molecule is CCOC(=O)N1CCN(C(=O)[C@@H]2CC23CCN(Cc2ccncc2)CC3)CC1. The van der Waals surface area contributed by atoms with Crippen LogP contribution in [0.3, 0.4) is 0 Å². The van der Waals surface area contributed by atoms with Gasteiger partial charge in [0.15, 0.2) is 0 Å². The molecule has 7 heteroatoms. The van der Waals surface area contributed by atoms with Crippen molar-refractivity contribution in [2.24, 2.45) is 11.3 Å². The van der Waals surface area contributed by atoms with Gasteiger partial charge >= 0.3 is 6.09 Å². The molecule has 4 rings (SSSR count).